The Morgan fingerprint density at radius 1 is 1.67 bits per heavy atom. The van der Waals surface area contributed by atoms with Crippen LogP contribution in [0.15, 0.2) is 12.2 Å². The molecule has 1 atom stereocenters. The maximum Gasteiger partial charge on any atom is 0.152 e. The van der Waals surface area contributed by atoms with Crippen LogP contribution in [0.3, 0.4) is 0 Å². The molecule has 0 aliphatic carbocycles. The molecule has 1 saturated heterocycles. The van der Waals surface area contributed by atoms with Crippen molar-refractivity contribution in [3.8, 4) is 0 Å². The van der Waals surface area contributed by atoms with Gasteiger partial charge in [-0.15, -0.1) is 0 Å². The van der Waals surface area contributed by atoms with Crippen LogP contribution in [-0.2, 0) is 4.79 Å². The first-order chi connectivity index (χ1) is 5.68. The molecule has 2 nitrogen and oxygen atoms in total. The number of ketones is 1. The van der Waals surface area contributed by atoms with Crippen molar-refractivity contribution in [3.63, 3.8) is 0 Å². The highest BCUT2D eigenvalue weighted by molar-refractivity contribution is 5.87. The number of hydrogen-bond acceptors (Lipinski definition) is 2. The van der Waals surface area contributed by atoms with Crippen molar-refractivity contribution in [1.82, 2.24) is 4.90 Å². The molecule has 2 heteroatoms. The van der Waals surface area contributed by atoms with E-state index in [1.165, 1.54) is 19.5 Å². The number of allylic oxidation sites excluding steroid dienone is 1. The Bertz CT molecular complexity index is 186. The quantitative estimate of drug-likeness (QED) is 0.593. The van der Waals surface area contributed by atoms with E-state index in [1.54, 1.807) is 13.0 Å². The molecule has 1 fully saturated rings. The molecule has 0 spiro atoms. The summed E-state index contributed by atoms with van der Waals surface area (Å²) in [5.41, 5.74) is 0. The summed E-state index contributed by atoms with van der Waals surface area (Å²) in [6, 6.07) is 0. The third-order valence-electron chi connectivity index (χ3n) is 2.22. The first kappa shape index (κ1) is 9.46. The van der Waals surface area contributed by atoms with Crippen LogP contribution in [0.1, 0.15) is 20.3 Å². The van der Waals surface area contributed by atoms with Crippen LogP contribution in [0.25, 0.3) is 0 Å². The Hall–Kier alpha value is -0.630. The van der Waals surface area contributed by atoms with Gasteiger partial charge in [0.2, 0.25) is 0 Å². The van der Waals surface area contributed by atoms with Gasteiger partial charge in [0.05, 0.1) is 0 Å². The standard InChI is InChI=1S/C10H17NO/c1-9-5-7-11(8-9)6-3-4-10(2)12/h3-4,9H,5-8H2,1-2H3/b4-3+/t9-/m0/s1. The van der Waals surface area contributed by atoms with E-state index in [0.29, 0.717) is 0 Å². The van der Waals surface area contributed by atoms with Crippen molar-refractivity contribution in [2.24, 2.45) is 5.92 Å². The average Bonchev–Trinajstić information content (AvgIpc) is 2.35. The van der Waals surface area contributed by atoms with E-state index < -0.39 is 0 Å². The number of hydrogen-bond donors (Lipinski definition) is 0. The molecule has 1 rings (SSSR count). The second kappa shape index (κ2) is 4.41. The van der Waals surface area contributed by atoms with E-state index in [9.17, 15) is 4.79 Å². The van der Waals surface area contributed by atoms with Gasteiger partial charge in [-0.05, 0) is 31.9 Å². The van der Waals surface area contributed by atoms with Crippen molar-refractivity contribution in [1.29, 1.82) is 0 Å². The topological polar surface area (TPSA) is 20.3 Å². The molecule has 1 aliphatic rings. The van der Waals surface area contributed by atoms with E-state index in [0.717, 1.165) is 12.5 Å². The highest BCUT2D eigenvalue weighted by atomic mass is 16.1. The Balaban J connectivity index is 2.20. The lowest BCUT2D eigenvalue weighted by Gasteiger charge is -2.11. The second-order valence-corrected chi connectivity index (χ2v) is 3.67. The molecule has 0 aromatic rings. The van der Waals surface area contributed by atoms with Crippen molar-refractivity contribution in [3.05, 3.63) is 12.2 Å². The van der Waals surface area contributed by atoms with Gasteiger partial charge in [0.1, 0.15) is 0 Å². The zero-order valence-electron chi connectivity index (χ0n) is 7.92. The highest BCUT2D eigenvalue weighted by Gasteiger charge is 2.16. The predicted octanol–water partition coefficient (Wildman–Crippen LogP) is 1.47. The summed E-state index contributed by atoms with van der Waals surface area (Å²) in [5.74, 6) is 0.970. The van der Waals surface area contributed by atoms with Crippen molar-refractivity contribution >= 4 is 5.78 Å². The second-order valence-electron chi connectivity index (χ2n) is 3.67. The third kappa shape index (κ3) is 3.18. The molecule has 1 aliphatic heterocycles. The predicted molar refractivity (Wildman–Crippen MR) is 50.0 cm³/mol. The van der Waals surface area contributed by atoms with Crippen LogP contribution in [0, 0.1) is 5.92 Å². The van der Waals surface area contributed by atoms with E-state index in [4.69, 9.17) is 0 Å². The molecule has 0 unspecified atom stereocenters. The first-order valence-corrected chi connectivity index (χ1v) is 4.58. The van der Waals surface area contributed by atoms with Crippen molar-refractivity contribution in [2.45, 2.75) is 20.3 Å². The lowest BCUT2D eigenvalue weighted by atomic mass is 10.2. The number of rotatable bonds is 3. The zero-order chi connectivity index (χ0) is 8.97. The lowest BCUT2D eigenvalue weighted by Crippen LogP contribution is -2.20. The summed E-state index contributed by atoms with van der Waals surface area (Å²) in [5, 5.41) is 0. The average molecular weight is 167 g/mol. The molecular weight excluding hydrogens is 150 g/mol. The zero-order valence-corrected chi connectivity index (χ0v) is 7.92. The summed E-state index contributed by atoms with van der Waals surface area (Å²) in [4.78, 5) is 13.0. The fraction of sp³-hybridized carbons (Fsp3) is 0.700. The summed E-state index contributed by atoms with van der Waals surface area (Å²) >= 11 is 0. The Kier molecular flexibility index (Phi) is 3.48. The van der Waals surface area contributed by atoms with Crippen LogP contribution in [0.2, 0.25) is 0 Å². The fourth-order valence-electron chi connectivity index (χ4n) is 1.56. The Morgan fingerprint density at radius 3 is 2.92 bits per heavy atom. The Labute approximate surface area is 74.2 Å². The largest absolute Gasteiger partial charge is 0.299 e. The van der Waals surface area contributed by atoms with Crippen molar-refractivity contribution < 1.29 is 4.79 Å². The number of carbonyl (C=O) groups excluding carboxylic acids is 1. The minimum Gasteiger partial charge on any atom is -0.299 e. The van der Waals surface area contributed by atoms with Crippen LogP contribution in [-0.4, -0.2) is 30.3 Å². The molecular formula is C10H17NO. The molecule has 0 aromatic heterocycles. The van der Waals surface area contributed by atoms with E-state index in [-0.39, 0.29) is 5.78 Å². The third-order valence-corrected chi connectivity index (χ3v) is 2.22. The molecule has 0 aromatic carbocycles. The fourth-order valence-corrected chi connectivity index (χ4v) is 1.56. The normalized spacial score (nSPS) is 25.3. The van der Waals surface area contributed by atoms with Crippen LogP contribution in [0.5, 0.6) is 0 Å². The Morgan fingerprint density at radius 2 is 2.42 bits per heavy atom. The monoisotopic (exact) mass is 167 g/mol. The van der Waals surface area contributed by atoms with Gasteiger partial charge in [-0.3, -0.25) is 9.69 Å². The van der Waals surface area contributed by atoms with Crippen LogP contribution in [0.4, 0.5) is 0 Å². The molecule has 1 heterocycles. The van der Waals surface area contributed by atoms with Gasteiger partial charge < -0.3 is 0 Å². The molecule has 68 valence electrons. The van der Waals surface area contributed by atoms with E-state index in [1.807, 2.05) is 6.08 Å². The van der Waals surface area contributed by atoms with Gasteiger partial charge in [0.25, 0.3) is 0 Å². The summed E-state index contributed by atoms with van der Waals surface area (Å²) < 4.78 is 0. The molecule has 0 N–H and O–H groups in total. The summed E-state index contributed by atoms with van der Waals surface area (Å²) in [6.07, 6.45) is 4.91. The molecule has 0 radical (unpaired) electrons. The van der Waals surface area contributed by atoms with E-state index >= 15 is 0 Å². The maximum absolute atomic E-state index is 10.6. The van der Waals surface area contributed by atoms with Gasteiger partial charge in [-0.2, -0.15) is 0 Å². The lowest BCUT2D eigenvalue weighted by molar-refractivity contribution is -0.112. The van der Waals surface area contributed by atoms with Crippen molar-refractivity contribution in [2.75, 3.05) is 19.6 Å². The van der Waals surface area contributed by atoms with Gasteiger partial charge in [0, 0.05) is 13.1 Å². The maximum atomic E-state index is 10.6. The van der Waals surface area contributed by atoms with E-state index in [2.05, 4.69) is 11.8 Å². The van der Waals surface area contributed by atoms with Gasteiger partial charge in [-0.1, -0.05) is 13.0 Å². The number of likely N-dealkylation sites (tertiary alicyclic amines) is 1. The summed E-state index contributed by atoms with van der Waals surface area (Å²) in [6.45, 7) is 7.16. The number of nitrogens with zero attached hydrogens (tertiary/aromatic N) is 1. The minimum atomic E-state index is 0.141. The first-order valence-electron chi connectivity index (χ1n) is 4.58. The SMILES string of the molecule is CC(=O)/C=C/CN1CC[C@H](C)C1. The smallest absolute Gasteiger partial charge is 0.152 e. The molecule has 0 bridgehead atoms. The van der Waals surface area contributed by atoms with Crippen LogP contribution >= 0.6 is 0 Å². The van der Waals surface area contributed by atoms with Gasteiger partial charge in [0.15, 0.2) is 5.78 Å². The van der Waals surface area contributed by atoms with Gasteiger partial charge >= 0.3 is 0 Å². The number of carbonyl (C=O) groups is 1. The highest BCUT2D eigenvalue weighted by Crippen LogP contribution is 2.13. The summed E-state index contributed by atoms with van der Waals surface area (Å²) in [7, 11) is 0. The van der Waals surface area contributed by atoms with Gasteiger partial charge in [-0.25, -0.2) is 0 Å². The molecule has 0 amide bonds. The molecule has 12 heavy (non-hydrogen) atoms. The minimum absolute atomic E-state index is 0.141. The molecule has 0 saturated carbocycles. The van der Waals surface area contributed by atoms with Crippen LogP contribution < -0.4 is 0 Å².